The highest BCUT2D eigenvalue weighted by atomic mass is 16.7. The van der Waals surface area contributed by atoms with Gasteiger partial charge < -0.3 is 23.9 Å². The largest absolute Gasteiger partial charge is 0.484 e. The summed E-state index contributed by atoms with van der Waals surface area (Å²) in [5, 5.41) is 3.29. The average Bonchev–Trinajstić information content (AvgIpc) is 3.41. The number of nitrogens with zero attached hydrogens (tertiary/aromatic N) is 1. The van der Waals surface area contributed by atoms with E-state index in [0.29, 0.717) is 46.5 Å². The number of Topliss-reactive ketones (excluding diaryl/α,β-unsaturated/α-hetero) is 1. The number of oxazole rings is 1. The number of fused-ring (bicyclic) bond motifs is 2. The molecule has 0 radical (unpaired) electrons. The summed E-state index contributed by atoms with van der Waals surface area (Å²) in [6.45, 7) is 6.32. The van der Waals surface area contributed by atoms with Crippen LogP contribution < -0.4 is 19.5 Å². The van der Waals surface area contributed by atoms with E-state index in [-0.39, 0.29) is 18.1 Å². The number of benzene rings is 2. The third-order valence-corrected chi connectivity index (χ3v) is 5.23. The van der Waals surface area contributed by atoms with Gasteiger partial charge in [0, 0.05) is 23.7 Å². The lowest BCUT2D eigenvalue weighted by atomic mass is 9.93. The van der Waals surface area contributed by atoms with Gasteiger partial charge in [0.05, 0.1) is 17.3 Å². The van der Waals surface area contributed by atoms with E-state index >= 15 is 0 Å². The molecule has 2 aliphatic rings. The second-order valence-electron chi connectivity index (χ2n) is 8.83. The highest BCUT2D eigenvalue weighted by molar-refractivity contribution is 6.12. The number of carbonyl (C=O) groups is 1. The standard InChI is InChI=1S/C25H24N2O5/c1-25(2,3)27-13-18-21(32-19-7-5-4-6-17(19)23(18)28)11-16-12-26-24(31-16)15-8-9-20-22(10-15)30-14-29-20/h4-10,12-13,21,27H,11,14H2,1-3H3/b18-13-. The molecule has 0 fully saturated rings. The lowest BCUT2D eigenvalue weighted by molar-refractivity contribution is 0.0956. The van der Waals surface area contributed by atoms with Crippen LogP contribution in [-0.4, -0.2) is 29.2 Å². The van der Waals surface area contributed by atoms with E-state index in [1.54, 1.807) is 18.5 Å². The zero-order chi connectivity index (χ0) is 22.3. The van der Waals surface area contributed by atoms with E-state index in [0.717, 1.165) is 5.56 Å². The quantitative estimate of drug-likeness (QED) is 0.607. The Morgan fingerprint density at radius 3 is 2.75 bits per heavy atom. The van der Waals surface area contributed by atoms with Crippen LogP contribution in [0.4, 0.5) is 0 Å². The van der Waals surface area contributed by atoms with Crippen LogP contribution >= 0.6 is 0 Å². The molecule has 3 heterocycles. The zero-order valence-electron chi connectivity index (χ0n) is 18.2. The topological polar surface area (TPSA) is 82.8 Å². The van der Waals surface area contributed by atoms with Gasteiger partial charge in [-0.15, -0.1) is 0 Å². The first-order chi connectivity index (χ1) is 15.4. The third kappa shape index (κ3) is 3.93. The number of aromatic nitrogens is 1. The number of rotatable bonds is 4. The lowest BCUT2D eigenvalue weighted by Crippen LogP contribution is -2.37. The summed E-state index contributed by atoms with van der Waals surface area (Å²) < 4.78 is 23.0. The van der Waals surface area contributed by atoms with Crippen LogP contribution in [0.5, 0.6) is 17.2 Å². The molecular formula is C25H24N2O5. The Labute approximate surface area is 186 Å². The molecule has 32 heavy (non-hydrogen) atoms. The molecule has 1 unspecified atom stereocenters. The predicted molar refractivity (Wildman–Crippen MR) is 118 cm³/mol. The summed E-state index contributed by atoms with van der Waals surface area (Å²) in [7, 11) is 0. The van der Waals surface area contributed by atoms with Crippen molar-refractivity contribution in [1.29, 1.82) is 0 Å². The Bertz CT molecular complexity index is 1210. The fraction of sp³-hybridized carbons (Fsp3) is 0.280. The van der Waals surface area contributed by atoms with Crippen LogP contribution in [0.15, 0.2) is 64.9 Å². The van der Waals surface area contributed by atoms with Gasteiger partial charge in [-0.2, -0.15) is 0 Å². The first-order valence-electron chi connectivity index (χ1n) is 10.5. The molecule has 7 nitrogen and oxygen atoms in total. The van der Waals surface area contributed by atoms with E-state index in [1.807, 2.05) is 57.2 Å². The summed E-state index contributed by atoms with van der Waals surface area (Å²) in [4.78, 5) is 17.6. The van der Waals surface area contributed by atoms with Crippen LogP contribution in [0.2, 0.25) is 0 Å². The highest BCUT2D eigenvalue weighted by Gasteiger charge is 2.33. The molecule has 0 bridgehead atoms. The first kappa shape index (κ1) is 20.2. The summed E-state index contributed by atoms with van der Waals surface area (Å²) in [5.41, 5.74) is 1.72. The molecule has 1 N–H and O–H groups in total. The number of ketones is 1. The van der Waals surface area contributed by atoms with Gasteiger partial charge in [-0.3, -0.25) is 4.79 Å². The van der Waals surface area contributed by atoms with Crippen molar-refractivity contribution in [1.82, 2.24) is 10.3 Å². The molecular weight excluding hydrogens is 408 g/mol. The minimum Gasteiger partial charge on any atom is -0.484 e. The second-order valence-corrected chi connectivity index (χ2v) is 8.83. The molecule has 164 valence electrons. The predicted octanol–water partition coefficient (Wildman–Crippen LogP) is 4.53. The number of ether oxygens (including phenoxy) is 3. The van der Waals surface area contributed by atoms with E-state index in [1.165, 1.54) is 0 Å². The van der Waals surface area contributed by atoms with E-state index < -0.39 is 6.10 Å². The third-order valence-electron chi connectivity index (χ3n) is 5.23. The molecule has 0 saturated carbocycles. The second kappa shape index (κ2) is 7.75. The molecule has 1 atom stereocenters. The van der Waals surface area contributed by atoms with Crippen molar-refractivity contribution in [3.63, 3.8) is 0 Å². The molecule has 3 aromatic rings. The van der Waals surface area contributed by atoms with E-state index in [2.05, 4.69) is 10.3 Å². The highest BCUT2D eigenvalue weighted by Crippen LogP contribution is 2.36. The SMILES string of the molecule is CC(C)(C)N/C=C1\C(=O)c2ccccc2OC1Cc1cnc(-c2ccc3c(c2)OCO3)o1. The maximum absolute atomic E-state index is 13.2. The Balaban J connectivity index is 1.42. The summed E-state index contributed by atoms with van der Waals surface area (Å²) >= 11 is 0. The zero-order valence-corrected chi connectivity index (χ0v) is 18.2. The van der Waals surface area contributed by atoms with Crippen molar-refractivity contribution in [2.75, 3.05) is 6.79 Å². The van der Waals surface area contributed by atoms with Gasteiger partial charge in [-0.1, -0.05) is 12.1 Å². The molecule has 0 saturated heterocycles. The van der Waals surface area contributed by atoms with Gasteiger partial charge in [0.2, 0.25) is 12.7 Å². The maximum Gasteiger partial charge on any atom is 0.231 e. The fourth-order valence-corrected chi connectivity index (χ4v) is 3.63. The summed E-state index contributed by atoms with van der Waals surface area (Å²) in [5.74, 6) is 2.98. The molecule has 2 aromatic carbocycles. The van der Waals surface area contributed by atoms with Gasteiger partial charge in [0.15, 0.2) is 17.3 Å². The van der Waals surface area contributed by atoms with Gasteiger partial charge in [0.25, 0.3) is 0 Å². The van der Waals surface area contributed by atoms with Crippen molar-refractivity contribution in [3.8, 4) is 28.7 Å². The average molecular weight is 432 g/mol. The van der Waals surface area contributed by atoms with Gasteiger partial charge in [-0.25, -0.2) is 4.98 Å². The molecule has 5 rings (SSSR count). The summed E-state index contributed by atoms with van der Waals surface area (Å²) in [6.07, 6.45) is 3.31. The normalized spacial score (nSPS) is 18.4. The van der Waals surface area contributed by atoms with Crippen LogP contribution in [0.25, 0.3) is 11.5 Å². The molecule has 7 heteroatoms. The van der Waals surface area contributed by atoms with Crippen molar-refractivity contribution < 1.29 is 23.4 Å². The Kier molecular flexibility index (Phi) is 4.89. The molecule has 0 aliphatic carbocycles. The van der Waals surface area contributed by atoms with Crippen molar-refractivity contribution in [2.24, 2.45) is 0 Å². The Morgan fingerprint density at radius 1 is 1.09 bits per heavy atom. The first-order valence-corrected chi connectivity index (χ1v) is 10.5. The number of hydrogen-bond acceptors (Lipinski definition) is 7. The summed E-state index contributed by atoms with van der Waals surface area (Å²) in [6, 6.07) is 12.8. The van der Waals surface area contributed by atoms with Crippen LogP contribution in [-0.2, 0) is 6.42 Å². The van der Waals surface area contributed by atoms with Crippen LogP contribution in [0.1, 0.15) is 36.9 Å². The number of nitrogens with one attached hydrogen (secondary N) is 1. The molecule has 0 amide bonds. The van der Waals surface area contributed by atoms with Crippen LogP contribution in [0.3, 0.4) is 0 Å². The number of carbonyl (C=O) groups excluding carboxylic acids is 1. The number of hydrogen-bond donors (Lipinski definition) is 1. The fourth-order valence-electron chi connectivity index (χ4n) is 3.63. The van der Waals surface area contributed by atoms with Gasteiger partial charge >= 0.3 is 0 Å². The lowest BCUT2D eigenvalue weighted by Gasteiger charge is -2.28. The van der Waals surface area contributed by atoms with Crippen molar-refractivity contribution >= 4 is 5.78 Å². The maximum atomic E-state index is 13.2. The monoisotopic (exact) mass is 432 g/mol. The van der Waals surface area contributed by atoms with E-state index in [9.17, 15) is 4.79 Å². The van der Waals surface area contributed by atoms with Crippen LogP contribution in [0, 0.1) is 0 Å². The minimum absolute atomic E-state index is 0.0518. The Morgan fingerprint density at radius 2 is 1.91 bits per heavy atom. The molecule has 0 spiro atoms. The van der Waals surface area contributed by atoms with Gasteiger partial charge in [0.1, 0.15) is 17.6 Å². The minimum atomic E-state index is -0.496. The van der Waals surface area contributed by atoms with Gasteiger partial charge in [-0.05, 0) is 51.1 Å². The van der Waals surface area contributed by atoms with Crippen molar-refractivity contribution in [2.45, 2.75) is 38.8 Å². The van der Waals surface area contributed by atoms with E-state index in [4.69, 9.17) is 18.6 Å². The molecule has 2 aliphatic heterocycles. The van der Waals surface area contributed by atoms with Crippen molar-refractivity contribution in [3.05, 3.63) is 71.8 Å². The molecule has 1 aromatic heterocycles. The smallest absolute Gasteiger partial charge is 0.231 e. The number of para-hydroxylation sites is 1. The Hall–Kier alpha value is -3.74.